The predicted molar refractivity (Wildman–Crippen MR) is 99.1 cm³/mol. The molecule has 3 aromatic rings. The van der Waals surface area contributed by atoms with Crippen LogP contribution in [0.4, 0.5) is 0 Å². The fourth-order valence-electron chi connectivity index (χ4n) is 2.70. The molecule has 0 radical (unpaired) electrons. The highest BCUT2D eigenvalue weighted by Crippen LogP contribution is 2.36. The molecule has 0 saturated carbocycles. The van der Waals surface area contributed by atoms with Crippen molar-refractivity contribution >= 4 is 11.6 Å². The van der Waals surface area contributed by atoms with E-state index >= 15 is 0 Å². The summed E-state index contributed by atoms with van der Waals surface area (Å²) in [6.07, 6.45) is 0. The van der Waals surface area contributed by atoms with Crippen LogP contribution in [0.2, 0.25) is 0 Å². The Bertz CT molecular complexity index is 795. The van der Waals surface area contributed by atoms with Crippen molar-refractivity contribution in [1.82, 2.24) is 0 Å². The molecular formula is C21H19ClO2. The lowest BCUT2D eigenvalue weighted by atomic mass is 9.94. The number of halogens is 1. The van der Waals surface area contributed by atoms with Crippen LogP contribution in [0.3, 0.4) is 0 Å². The third kappa shape index (κ3) is 3.39. The van der Waals surface area contributed by atoms with Crippen LogP contribution in [0.25, 0.3) is 11.1 Å². The first-order valence-electron chi connectivity index (χ1n) is 7.74. The monoisotopic (exact) mass is 338 g/mol. The van der Waals surface area contributed by atoms with Crippen LogP contribution in [0.15, 0.2) is 72.8 Å². The number of hydrogen-bond donors (Lipinski definition) is 0. The lowest BCUT2D eigenvalue weighted by Crippen LogP contribution is -1.97. The second kappa shape index (κ2) is 7.41. The zero-order valence-electron chi connectivity index (χ0n) is 13.7. The highest BCUT2D eigenvalue weighted by molar-refractivity contribution is 6.23. The van der Waals surface area contributed by atoms with E-state index in [4.69, 9.17) is 21.1 Å². The quantitative estimate of drug-likeness (QED) is 0.555. The summed E-state index contributed by atoms with van der Waals surface area (Å²) in [5, 5.41) is -0.228. The Balaban J connectivity index is 1.98. The second-order valence-corrected chi connectivity index (χ2v) is 5.89. The molecule has 0 N–H and O–H groups in total. The normalized spacial score (nSPS) is 11.8. The van der Waals surface area contributed by atoms with E-state index in [0.717, 1.165) is 33.8 Å². The van der Waals surface area contributed by atoms with Gasteiger partial charge in [-0.3, -0.25) is 0 Å². The van der Waals surface area contributed by atoms with E-state index in [-0.39, 0.29) is 5.38 Å². The fraction of sp³-hybridized carbons (Fsp3) is 0.143. The van der Waals surface area contributed by atoms with E-state index in [0.29, 0.717) is 0 Å². The lowest BCUT2D eigenvalue weighted by molar-refractivity contribution is 0.414. The van der Waals surface area contributed by atoms with E-state index in [1.807, 2.05) is 48.5 Å². The molecule has 0 spiro atoms. The number of rotatable bonds is 5. The molecule has 1 unspecified atom stereocenters. The van der Waals surface area contributed by atoms with Gasteiger partial charge in [0.25, 0.3) is 0 Å². The number of methoxy groups -OCH3 is 2. The van der Waals surface area contributed by atoms with Gasteiger partial charge in [0.05, 0.1) is 19.6 Å². The molecule has 3 rings (SSSR count). The van der Waals surface area contributed by atoms with Crippen LogP contribution in [0.1, 0.15) is 16.5 Å². The minimum absolute atomic E-state index is 0.228. The van der Waals surface area contributed by atoms with Crippen molar-refractivity contribution in [3.63, 3.8) is 0 Å². The number of ether oxygens (including phenoxy) is 2. The van der Waals surface area contributed by atoms with Gasteiger partial charge in [-0.05, 0) is 46.5 Å². The van der Waals surface area contributed by atoms with Crippen molar-refractivity contribution in [2.75, 3.05) is 14.2 Å². The Morgan fingerprint density at radius 3 is 1.83 bits per heavy atom. The Labute approximate surface area is 147 Å². The fourth-order valence-corrected chi connectivity index (χ4v) is 3.04. The number of alkyl halides is 1. The van der Waals surface area contributed by atoms with E-state index in [9.17, 15) is 0 Å². The second-order valence-electron chi connectivity index (χ2n) is 5.45. The Morgan fingerprint density at radius 2 is 1.25 bits per heavy atom. The minimum atomic E-state index is -0.228. The molecule has 0 aliphatic heterocycles. The van der Waals surface area contributed by atoms with Gasteiger partial charge in [-0.15, -0.1) is 11.6 Å². The zero-order valence-corrected chi connectivity index (χ0v) is 14.5. The van der Waals surface area contributed by atoms with Crippen molar-refractivity contribution in [3.8, 4) is 22.6 Å². The summed E-state index contributed by atoms with van der Waals surface area (Å²) < 4.78 is 10.5. The van der Waals surface area contributed by atoms with E-state index in [2.05, 4.69) is 24.3 Å². The molecule has 3 heteroatoms. The number of hydrogen-bond acceptors (Lipinski definition) is 2. The Hall–Kier alpha value is -2.45. The average Bonchev–Trinajstić information content (AvgIpc) is 2.67. The number of benzene rings is 3. The summed E-state index contributed by atoms with van der Waals surface area (Å²) in [5.74, 6) is 1.67. The third-order valence-corrected chi connectivity index (χ3v) is 4.53. The van der Waals surface area contributed by atoms with Gasteiger partial charge >= 0.3 is 0 Å². The van der Waals surface area contributed by atoms with Crippen molar-refractivity contribution in [3.05, 3.63) is 83.9 Å². The first-order valence-corrected chi connectivity index (χ1v) is 8.18. The van der Waals surface area contributed by atoms with Crippen LogP contribution < -0.4 is 9.47 Å². The zero-order chi connectivity index (χ0) is 16.9. The predicted octanol–water partition coefficient (Wildman–Crippen LogP) is 5.70. The van der Waals surface area contributed by atoms with Gasteiger partial charge in [-0.1, -0.05) is 48.5 Å². The van der Waals surface area contributed by atoms with E-state index < -0.39 is 0 Å². The van der Waals surface area contributed by atoms with Gasteiger partial charge < -0.3 is 9.47 Å². The largest absolute Gasteiger partial charge is 0.497 e. The maximum Gasteiger partial charge on any atom is 0.118 e. The smallest absolute Gasteiger partial charge is 0.118 e. The van der Waals surface area contributed by atoms with Crippen LogP contribution in [-0.2, 0) is 0 Å². The molecule has 122 valence electrons. The average molecular weight is 339 g/mol. The maximum absolute atomic E-state index is 6.78. The molecule has 0 aliphatic rings. The molecular weight excluding hydrogens is 320 g/mol. The molecule has 0 amide bonds. The summed E-state index contributed by atoms with van der Waals surface area (Å²) in [5.41, 5.74) is 4.36. The van der Waals surface area contributed by atoms with Crippen molar-refractivity contribution in [2.24, 2.45) is 0 Å². The molecule has 3 aromatic carbocycles. The van der Waals surface area contributed by atoms with Gasteiger partial charge in [-0.2, -0.15) is 0 Å². The lowest BCUT2D eigenvalue weighted by Gasteiger charge is -2.16. The molecule has 1 atom stereocenters. The molecule has 0 bridgehead atoms. The molecule has 0 fully saturated rings. The van der Waals surface area contributed by atoms with Gasteiger partial charge in [-0.25, -0.2) is 0 Å². The molecule has 0 aromatic heterocycles. The van der Waals surface area contributed by atoms with Crippen LogP contribution in [0, 0.1) is 0 Å². The SMILES string of the molecule is COc1ccc(-c2ccccc2C(Cl)c2ccc(OC)cc2)cc1. The van der Waals surface area contributed by atoms with Gasteiger partial charge in [0.15, 0.2) is 0 Å². The topological polar surface area (TPSA) is 18.5 Å². The van der Waals surface area contributed by atoms with Crippen LogP contribution in [0.5, 0.6) is 11.5 Å². The molecule has 0 aliphatic carbocycles. The summed E-state index contributed by atoms with van der Waals surface area (Å²) >= 11 is 6.78. The van der Waals surface area contributed by atoms with Crippen LogP contribution in [-0.4, -0.2) is 14.2 Å². The van der Waals surface area contributed by atoms with Gasteiger partial charge in [0.2, 0.25) is 0 Å². The van der Waals surface area contributed by atoms with Crippen molar-refractivity contribution < 1.29 is 9.47 Å². The minimum Gasteiger partial charge on any atom is -0.497 e. The summed E-state index contributed by atoms with van der Waals surface area (Å²) in [4.78, 5) is 0. The summed E-state index contributed by atoms with van der Waals surface area (Å²) in [6.45, 7) is 0. The summed E-state index contributed by atoms with van der Waals surface area (Å²) in [7, 11) is 3.33. The Morgan fingerprint density at radius 1 is 0.708 bits per heavy atom. The molecule has 24 heavy (non-hydrogen) atoms. The highest BCUT2D eigenvalue weighted by atomic mass is 35.5. The van der Waals surface area contributed by atoms with Crippen LogP contribution >= 0.6 is 11.6 Å². The van der Waals surface area contributed by atoms with Crippen molar-refractivity contribution in [2.45, 2.75) is 5.38 Å². The Kier molecular flexibility index (Phi) is 5.07. The third-order valence-electron chi connectivity index (χ3n) is 4.04. The molecule has 0 heterocycles. The molecule has 0 saturated heterocycles. The van der Waals surface area contributed by atoms with E-state index in [1.54, 1.807) is 14.2 Å². The van der Waals surface area contributed by atoms with Gasteiger partial charge in [0, 0.05) is 0 Å². The first-order chi connectivity index (χ1) is 11.7. The molecule has 2 nitrogen and oxygen atoms in total. The first kappa shape index (κ1) is 16.4. The van der Waals surface area contributed by atoms with Gasteiger partial charge in [0.1, 0.15) is 11.5 Å². The van der Waals surface area contributed by atoms with E-state index in [1.165, 1.54) is 0 Å². The summed E-state index contributed by atoms with van der Waals surface area (Å²) in [6, 6.07) is 24.1. The van der Waals surface area contributed by atoms with Crippen molar-refractivity contribution in [1.29, 1.82) is 0 Å². The highest BCUT2D eigenvalue weighted by Gasteiger charge is 2.15. The standard InChI is InChI=1S/C21H19ClO2/c1-23-17-11-7-15(8-12-17)19-5-3-4-6-20(19)21(22)16-9-13-18(24-2)14-10-16/h3-14,21H,1-2H3. The maximum atomic E-state index is 6.78.